The third-order valence-electron chi connectivity index (χ3n) is 4.41. The number of nitrogens with one attached hydrogen (secondary N) is 2. The quantitative estimate of drug-likeness (QED) is 0.824. The first-order valence-electron chi connectivity index (χ1n) is 8.99. The molecule has 0 aromatic heterocycles. The van der Waals surface area contributed by atoms with Crippen LogP contribution in [0.4, 0.5) is 0 Å². The Kier molecular flexibility index (Phi) is 6.73. The molecule has 0 saturated heterocycles. The van der Waals surface area contributed by atoms with Crippen LogP contribution in [0, 0.1) is 24.2 Å². The Morgan fingerprint density at radius 2 is 1.67 bits per heavy atom. The highest BCUT2D eigenvalue weighted by Gasteiger charge is 2.26. The van der Waals surface area contributed by atoms with Crippen LogP contribution in [0.25, 0.3) is 0 Å². The summed E-state index contributed by atoms with van der Waals surface area (Å²) in [6, 6.07) is 15.5. The lowest BCUT2D eigenvalue weighted by molar-refractivity contribution is -0.124. The van der Waals surface area contributed by atoms with Gasteiger partial charge in [-0.2, -0.15) is 5.26 Å². The molecule has 0 aliphatic rings. The van der Waals surface area contributed by atoms with Gasteiger partial charge in [-0.15, -0.1) is 0 Å². The normalized spacial score (nSPS) is 12.7. The molecular formula is C22H25N3O2. The summed E-state index contributed by atoms with van der Waals surface area (Å²) in [6.45, 7) is 7.59. The first-order chi connectivity index (χ1) is 12.8. The molecule has 140 valence electrons. The second-order valence-corrected chi connectivity index (χ2v) is 7.03. The number of aryl methyl sites for hydroxylation is 1. The van der Waals surface area contributed by atoms with Crippen molar-refractivity contribution in [3.8, 4) is 6.07 Å². The number of rotatable bonds is 6. The van der Waals surface area contributed by atoms with Crippen LogP contribution < -0.4 is 10.6 Å². The minimum absolute atomic E-state index is 0.0630. The molecule has 0 saturated carbocycles. The van der Waals surface area contributed by atoms with E-state index in [-0.39, 0.29) is 23.8 Å². The van der Waals surface area contributed by atoms with Gasteiger partial charge >= 0.3 is 0 Å². The number of nitrogens with zero attached hydrogens (tertiary/aromatic N) is 1. The van der Waals surface area contributed by atoms with Gasteiger partial charge in [0, 0.05) is 5.56 Å². The Morgan fingerprint density at radius 3 is 2.22 bits per heavy atom. The average Bonchev–Trinajstić information content (AvgIpc) is 2.65. The van der Waals surface area contributed by atoms with Gasteiger partial charge in [0.2, 0.25) is 5.91 Å². The average molecular weight is 363 g/mol. The predicted molar refractivity (Wildman–Crippen MR) is 105 cm³/mol. The molecule has 0 aliphatic carbocycles. The maximum Gasteiger partial charge on any atom is 0.251 e. The summed E-state index contributed by atoms with van der Waals surface area (Å²) < 4.78 is 0. The van der Waals surface area contributed by atoms with Crippen molar-refractivity contribution in [3.05, 3.63) is 70.8 Å². The van der Waals surface area contributed by atoms with Crippen molar-refractivity contribution in [1.82, 2.24) is 10.6 Å². The molecule has 2 aromatic carbocycles. The Bertz CT molecular complexity index is 851. The first kappa shape index (κ1) is 20.2. The van der Waals surface area contributed by atoms with Crippen LogP contribution in [0.1, 0.15) is 53.9 Å². The summed E-state index contributed by atoms with van der Waals surface area (Å²) in [6.07, 6.45) is 0. The van der Waals surface area contributed by atoms with E-state index < -0.39 is 6.04 Å². The fraction of sp³-hybridized carbons (Fsp3) is 0.318. The predicted octanol–water partition coefficient (Wildman–Crippen LogP) is 3.50. The van der Waals surface area contributed by atoms with E-state index in [4.69, 9.17) is 5.26 Å². The Hall–Kier alpha value is -3.13. The van der Waals surface area contributed by atoms with Crippen LogP contribution in [-0.2, 0) is 4.79 Å². The maximum absolute atomic E-state index is 12.7. The van der Waals surface area contributed by atoms with E-state index in [2.05, 4.69) is 16.7 Å². The maximum atomic E-state index is 12.7. The summed E-state index contributed by atoms with van der Waals surface area (Å²) in [5.41, 5.74) is 2.99. The number of benzene rings is 2. The fourth-order valence-electron chi connectivity index (χ4n) is 2.78. The minimum Gasteiger partial charge on any atom is -0.348 e. The zero-order chi connectivity index (χ0) is 20.0. The highest BCUT2D eigenvalue weighted by Crippen LogP contribution is 2.15. The van der Waals surface area contributed by atoms with Crippen molar-refractivity contribution >= 4 is 11.8 Å². The summed E-state index contributed by atoms with van der Waals surface area (Å²) in [4.78, 5) is 25.3. The first-order valence-corrected chi connectivity index (χ1v) is 8.99. The van der Waals surface area contributed by atoms with E-state index in [0.717, 1.165) is 11.1 Å². The van der Waals surface area contributed by atoms with E-state index >= 15 is 0 Å². The number of nitriles is 1. The lowest BCUT2D eigenvalue weighted by Crippen LogP contribution is -2.50. The SMILES string of the molecule is Cc1cccc(C(=O)NC(C(=O)NC(C)c2ccc(C#N)cc2)C(C)C)c1. The largest absolute Gasteiger partial charge is 0.348 e. The van der Waals surface area contributed by atoms with E-state index in [1.165, 1.54) is 0 Å². The van der Waals surface area contributed by atoms with Crippen LogP contribution in [0.2, 0.25) is 0 Å². The smallest absolute Gasteiger partial charge is 0.251 e. The van der Waals surface area contributed by atoms with Gasteiger partial charge < -0.3 is 10.6 Å². The molecule has 0 bridgehead atoms. The van der Waals surface area contributed by atoms with Crippen LogP contribution in [0.3, 0.4) is 0 Å². The molecule has 2 rings (SSSR count). The van der Waals surface area contributed by atoms with Crippen molar-refractivity contribution in [2.75, 3.05) is 0 Å². The standard InChI is InChI=1S/C22H25N3O2/c1-14(2)20(25-21(26)19-7-5-6-15(3)12-19)22(27)24-16(4)18-10-8-17(13-23)9-11-18/h5-12,14,16,20H,1-4H3,(H,24,27)(H,25,26). The van der Waals surface area contributed by atoms with E-state index in [1.807, 2.05) is 52.0 Å². The summed E-state index contributed by atoms with van der Waals surface area (Å²) in [5, 5.41) is 14.7. The van der Waals surface area contributed by atoms with Gasteiger partial charge in [-0.25, -0.2) is 0 Å². The second-order valence-electron chi connectivity index (χ2n) is 7.03. The van der Waals surface area contributed by atoms with Gasteiger partial charge in [-0.1, -0.05) is 43.7 Å². The van der Waals surface area contributed by atoms with Gasteiger partial charge in [0.25, 0.3) is 5.91 Å². The Labute approximate surface area is 160 Å². The van der Waals surface area contributed by atoms with Crippen molar-refractivity contribution in [3.63, 3.8) is 0 Å². The van der Waals surface area contributed by atoms with Gasteiger partial charge in [0.1, 0.15) is 6.04 Å². The lowest BCUT2D eigenvalue weighted by Gasteiger charge is -2.24. The molecule has 0 fully saturated rings. The van der Waals surface area contributed by atoms with Crippen molar-refractivity contribution in [1.29, 1.82) is 5.26 Å². The molecule has 5 nitrogen and oxygen atoms in total. The van der Waals surface area contributed by atoms with Crippen molar-refractivity contribution in [2.24, 2.45) is 5.92 Å². The fourth-order valence-corrected chi connectivity index (χ4v) is 2.78. The topological polar surface area (TPSA) is 82.0 Å². The van der Waals surface area contributed by atoms with E-state index in [9.17, 15) is 9.59 Å². The summed E-state index contributed by atoms with van der Waals surface area (Å²) in [5.74, 6) is -0.562. The van der Waals surface area contributed by atoms with E-state index in [0.29, 0.717) is 11.1 Å². The molecule has 2 atom stereocenters. The molecule has 0 aliphatic heterocycles. The van der Waals surface area contributed by atoms with Gasteiger partial charge in [0.05, 0.1) is 17.7 Å². The number of hydrogen-bond acceptors (Lipinski definition) is 3. The molecular weight excluding hydrogens is 338 g/mol. The molecule has 2 aromatic rings. The lowest BCUT2D eigenvalue weighted by atomic mass is 10.0. The zero-order valence-electron chi connectivity index (χ0n) is 16.1. The van der Waals surface area contributed by atoms with Crippen molar-refractivity contribution < 1.29 is 9.59 Å². The summed E-state index contributed by atoms with van der Waals surface area (Å²) >= 11 is 0. The third kappa shape index (κ3) is 5.42. The zero-order valence-corrected chi connectivity index (χ0v) is 16.1. The molecule has 0 heterocycles. The van der Waals surface area contributed by atoms with Gasteiger partial charge in [0.15, 0.2) is 0 Å². The van der Waals surface area contributed by atoms with Crippen molar-refractivity contribution in [2.45, 2.75) is 39.8 Å². The molecule has 2 amide bonds. The van der Waals surface area contributed by atoms with Crippen LogP contribution in [-0.4, -0.2) is 17.9 Å². The third-order valence-corrected chi connectivity index (χ3v) is 4.41. The van der Waals surface area contributed by atoms with Gasteiger partial charge in [-0.05, 0) is 49.6 Å². The molecule has 2 N–H and O–H groups in total. The number of carbonyl (C=O) groups excluding carboxylic acids is 2. The number of amides is 2. The summed E-state index contributed by atoms with van der Waals surface area (Å²) in [7, 11) is 0. The second kappa shape index (κ2) is 9.00. The molecule has 0 spiro atoms. The van der Waals surface area contributed by atoms with Crippen LogP contribution in [0.5, 0.6) is 0 Å². The highest BCUT2D eigenvalue weighted by molar-refractivity contribution is 5.97. The number of hydrogen-bond donors (Lipinski definition) is 2. The monoisotopic (exact) mass is 363 g/mol. The highest BCUT2D eigenvalue weighted by atomic mass is 16.2. The molecule has 27 heavy (non-hydrogen) atoms. The number of carbonyl (C=O) groups is 2. The van der Waals surface area contributed by atoms with E-state index in [1.54, 1.807) is 24.3 Å². The molecule has 5 heteroatoms. The van der Waals surface area contributed by atoms with Crippen LogP contribution in [0.15, 0.2) is 48.5 Å². The Balaban J connectivity index is 2.07. The Morgan fingerprint density at radius 1 is 1.00 bits per heavy atom. The van der Waals surface area contributed by atoms with Crippen LogP contribution >= 0.6 is 0 Å². The molecule has 2 unspecified atom stereocenters. The minimum atomic E-state index is -0.640. The van der Waals surface area contributed by atoms with Gasteiger partial charge in [-0.3, -0.25) is 9.59 Å². The molecule has 0 radical (unpaired) electrons.